The van der Waals surface area contributed by atoms with Gasteiger partial charge < -0.3 is 24.4 Å². The number of ketones is 1. The molecular weight excluding hydrogens is 598 g/mol. The maximum absolute atomic E-state index is 16.4. The summed E-state index contributed by atoms with van der Waals surface area (Å²) >= 11 is 0. The second-order valence-corrected chi connectivity index (χ2v) is 14.5. The highest BCUT2D eigenvalue weighted by Gasteiger charge is 2.58. The fraction of sp³-hybridized carbons (Fsp3) is 0.676. The number of ether oxygens (including phenoxy) is 3. The van der Waals surface area contributed by atoms with E-state index in [0.717, 1.165) is 12.8 Å². The van der Waals surface area contributed by atoms with Crippen molar-refractivity contribution < 1.29 is 37.4 Å². The number of benzene rings is 1. The maximum atomic E-state index is 16.4. The summed E-state index contributed by atoms with van der Waals surface area (Å²) in [6, 6.07) is 2.98. The summed E-state index contributed by atoms with van der Waals surface area (Å²) in [6.07, 6.45) is 1.91. The van der Waals surface area contributed by atoms with Crippen molar-refractivity contribution in [3.05, 3.63) is 23.9 Å². The van der Waals surface area contributed by atoms with E-state index < -0.39 is 59.1 Å². The van der Waals surface area contributed by atoms with Crippen molar-refractivity contribution >= 4 is 28.8 Å². The molecule has 2 bridgehead atoms. The van der Waals surface area contributed by atoms with Crippen LogP contribution >= 0.6 is 0 Å². The summed E-state index contributed by atoms with van der Waals surface area (Å²) in [6.45, 7) is 8.71. The normalized spacial score (nSPS) is 32.7. The minimum Gasteiger partial charge on any atom is -0.497 e. The van der Waals surface area contributed by atoms with Crippen LogP contribution < -0.4 is 14.8 Å². The van der Waals surface area contributed by atoms with Gasteiger partial charge in [0, 0.05) is 17.9 Å². The molecule has 8 atom stereocenters. The van der Waals surface area contributed by atoms with Gasteiger partial charge in [-0.05, 0) is 68.4 Å². The minimum absolute atomic E-state index is 0.0511. The zero-order chi connectivity index (χ0) is 33.1. The van der Waals surface area contributed by atoms with Gasteiger partial charge in [0.25, 0.3) is 5.92 Å². The molecule has 0 radical (unpaired) electrons. The highest BCUT2D eigenvalue weighted by molar-refractivity contribution is 5.92. The van der Waals surface area contributed by atoms with Crippen LogP contribution in [0.1, 0.15) is 78.8 Å². The van der Waals surface area contributed by atoms with Crippen molar-refractivity contribution in [3.63, 3.8) is 0 Å². The van der Waals surface area contributed by atoms with Crippen LogP contribution in [0, 0.1) is 29.1 Å². The third kappa shape index (κ3) is 6.11. The molecule has 3 heterocycles. The Hall–Kier alpha value is -3.57. The van der Waals surface area contributed by atoms with Crippen LogP contribution in [0.3, 0.4) is 0 Å². The Bertz CT molecular complexity index is 1530. The highest BCUT2D eigenvalue weighted by Crippen LogP contribution is 2.57. The number of amides is 2. The average molecular weight is 643 g/mol. The summed E-state index contributed by atoms with van der Waals surface area (Å²) in [4.78, 5) is 50.8. The molecule has 0 spiro atoms. The number of rotatable bonds is 3. The SMILES string of the molecule is CC[C@@H]1[C@@H]2CN(C(=O)[C@H](C(C)(C)C)NC(=O)O[C@@H]3C[C@H]3CCCC3CC3C(F)(F)c3nc4ccc(OC)cc4nc3O2)[C@@H]1C(C)=O. The van der Waals surface area contributed by atoms with Gasteiger partial charge >= 0.3 is 6.09 Å². The fourth-order valence-electron chi connectivity index (χ4n) is 7.42. The smallest absolute Gasteiger partial charge is 0.408 e. The first kappa shape index (κ1) is 32.4. The minimum atomic E-state index is -3.31. The predicted octanol–water partition coefficient (Wildman–Crippen LogP) is 5.65. The molecule has 1 N–H and O–H groups in total. The largest absolute Gasteiger partial charge is 0.497 e. The molecule has 12 heteroatoms. The third-order valence-corrected chi connectivity index (χ3v) is 10.2. The van der Waals surface area contributed by atoms with Crippen molar-refractivity contribution in [3.8, 4) is 11.6 Å². The number of fused-ring (bicyclic) bond motifs is 6. The number of nitrogens with one attached hydrogen (secondary N) is 1. The lowest BCUT2D eigenvalue weighted by Gasteiger charge is -2.35. The summed E-state index contributed by atoms with van der Waals surface area (Å²) in [7, 11) is 1.50. The zero-order valence-corrected chi connectivity index (χ0v) is 27.3. The topological polar surface area (TPSA) is 120 Å². The van der Waals surface area contributed by atoms with Gasteiger partial charge in [0.15, 0.2) is 11.5 Å². The van der Waals surface area contributed by atoms with Crippen molar-refractivity contribution in [2.45, 2.75) is 103 Å². The Morgan fingerprint density at radius 1 is 1.09 bits per heavy atom. The van der Waals surface area contributed by atoms with Crippen LogP contribution in [0.5, 0.6) is 11.6 Å². The van der Waals surface area contributed by atoms with Crippen LogP contribution in [0.15, 0.2) is 18.2 Å². The number of Topliss-reactive ketones (excluding diaryl/α,β-unsaturated/α-hetero) is 1. The first-order valence-electron chi connectivity index (χ1n) is 16.4. The standard InChI is InChI=1S/C34H44F2N4O6/c1-7-21-26-16-40(27(21)17(2)41)31(42)29(33(3,4)5)39-32(43)46-25-14-19(25)10-8-9-18-13-22(18)34(35,36)28-30(45-26)38-24-15-20(44-6)11-12-23(24)37-28/h11-12,15,18-19,21-22,25-27,29H,7-10,13-14,16H2,1-6H3,(H,39,43)/t18?,19-,21-,22?,25-,26+,27-,29-/m1/s1. The number of carbonyl (C=O) groups excluding carboxylic acids is 3. The third-order valence-electron chi connectivity index (χ3n) is 10.2. The molecule has 1 aromatic carbocycles. The molecule has 3 fully saturated rings. The number of halogens is 2. The molecular formula is C34H44F2N4O6. The number of alkyl carbamates (subject to hydrolysis) is 1. The Morgan fingerprint density at radius 3 is 2.50 bits per heavy atom. The van der Waals surface area contributed by atoms with E-state index in [9.17, 15) is 14.4 Å². The molecule has 4 aliphatic rings. The van der Waals surface area contributed by atoms with Crippen LogP contribution in [0.2, 0.25) is 0 Å². The number of carbonyl (C=O) groups is 3. The van der Waals surface area contributed by atoms with E-state index >= 15 is 8.78 Å². The Balaban J connectivity index is 1.43. The van der Waals surface area contributed by atoms with Crippen LogP contribution in [0.4, 0.5) is 13.6 Å². The second kappa shape index (κ2) is 11.9. The van der Waals surface area contributed by atoms with Gasteiger partial charge in [0.05, 0.1) is 30.7 Å². The fourth-order valence-corrected chi connectivity index (χ4v) is 7.42. The molecule has 6 rings (SSSR count). The Labute approximate surface area is 267 Å². The maximum Gasteiger partial charge on any atom is 0.408 e. The second-order valence-electron chi connectivity index (χ2n) is 14.5. The summed E-state index contributed by atoms with van der Waals surface area (Å²) in [5.74, 6) is -5.25. The first-order valence-corrected chi connectivity index (χ1v) is 16.4. The van der Waals surface area contributed by atoms with Crippen molar-refractivity contribution in [1.82, 2.24) is 20.2 Å². The molecule has 2 aliphatic heterocycles. The summed E-state index contributed by atoms with van der Waals surface area (Å²) < 4.78 is 50.2. The van der Waals surface area contributed by atoms with Gasteiger partial charge in [-0.25, -0.2) is 14.8 Å². The van der Waals surface area contributed by atoms with Crippen LogP contribution in [-0.4, -0.2) is 70.6 Å². The monoisotopic (exact) mass is 642 g/mol. The molecule has 2 aliphatic carbocycles. The van der Waals surface area contributed by atoms with Crippen molar-refractivity contribution in [2.24, 2.45) is 29.1 Å². The predicted molar refractivity (Wildman–Crippen MR) is 165 cm³/mol. The summed E-state index contributed by atoms with van der Waals surface area (Å²) in [5.41, 5.74) is -0.626. The van der Waals surface area contributed by atoms with Gasteiger partial charge in [-0.1, -0.05) is 34.1 Å². The molecule has 1 saturated heterocycles. The van der Waals surface area contributed by atoms with E-state index in [1.807, 2.05) is 27.7 Å². The molecule has 2 aromatic rings. The van der Waals surface area contributed by atoms with Gasteiger partial charge in [-0.3, -0.25) is 9.59 Å². The Kier molecular flexibility index (Phi) is 8.38. The molecule has 46 heavy (non-hydrogen) atoms. The molecule has 2 saturated carbocycles. The number of aromatic nitrogens is 2. The number of hydrogen-bond donors (Lipinski definition) is 1. The van der Waals surface area contributed by atoms with E-state index in [1.54, 1.807) is 18.2 Å². The van der Waals surface area contributed by atoms with Crippen molar-refractivity contribution in [1.29, 1.82) is 0 Å². The van der Waals surface area contributed by atoms with E-state index in [2.05, 4.69) is 15.3 Å². The molecule has 2 unspecified atom stereocenters. The average Bonchev–Trinajstić information content (AvgIpc) is 3.90. The summed E-state index contributed by atoms with van der Waals surface area (Å²) in [5, 5.41) is 2.79. The zero-order valence-electron chi connectivity index (χ0n) is 27.3. The molecule has 1 aromatic heterocycles. The van der Waals surface area contributed by atoms with Gasteiger partial charge in [-0.2, -0.15) is 8.78 Å². The van der Waals surface area contributed by atoms with E-state index in [-0.39, 0.29) is 36.1 Å². The van der Waals surface area contributed by atoms with Gasteiger partial charge in [0.1, 0.15) is 24.0 Å². The lowest BCUT2D eigenvalue weighted by Crippen LogP contribution is -2.57. The highest BCUT2D eigenvalue weighted by atomic mass is 19.3. The van der Waals surface area contributed by atoms with Crippen LogP contribution in [0.25, 0.3) is 11.0 Å². The molecule has 2 amide bonds. The first-order chi connectivity index (χ1) is 21.7. The van der Waals surface area contributed by atoms with Crippen LogP contribution in [-0.2, 0) is 20.2 Å². The van der Waals surface area contributed by atoms with E-state index in [1.165, 1.54) is 18.9 Å². The van der Waals surface area contributed by atoms with E-state index in [0.29, 0.717) is 42.5 Å². The lowest BCUT2D eigenvalue weighted by molar-refractivity contribution is -0.141. The molecule has 250 valence electrons. The lowest BCUT2D eigenvalue weighted by atomic mass is 9.85. The van der Waals surface area contributed by atoms with Gasteiger partial charge in [0.2, 0.25) is 11.8 Å². The Morgan fingerprint density at radius 2 is 1.83 bits per heavy atom. The van der Waals surface area contributed by atoms with Crippen molar-refractivity contribution in [2.75, 3.05) is 13.7 Å². The van der Waals surface area contributed by atoms with E-state index in [4.69, 9.17) is 14.2 Å². The number of hydrogen-bond acceptors (Lipinski definition) is 8. The number of nitrogens with zero attached hydrogens (tertiary/aromatic N) is 3. The number of alkyl halides is 2. The quantitative estimate of drug-likeness (QED) is 0.456. The number of methoxy groups -OCH3 is 1. The molecule has 10 nitrogen and oxygen atoms in total. The van der Waals surface area contributed by atoms with Gasteiger partial charge in [-0.15, -0.1) is 0 Å².